The highest BCUT2D eigenvalue weighted by atomic mass is 16.6. The van der Waals surface area contributed by atoms with E-state index in [1.807, 2.05) is 20.8 Å². The number of aryl methyl sites for hydroxylation is 1. The fourth-order valence-corrected chi connectivity index (χ4v) is 1.99. The Morgan fingerprint density at radius 2 is 2.10 bits per heavy atom. The number of aliphatic hydroxyl groups is 1. The maximum absolute atomic E-state index is 12.1. The van der Waals surface area contributed by atoms with Gasteiger partial charge in [0.15, 0.2) is 0 Å². The molecule has 0 aliphatic rings. The zero-order chi connectivity index (χ0) is 16.0. The van der Waals surface area contributed by atoms with Crippen LogP contribution in [0.1, 0.15) is 43.1 Å². The van der Waals surface area contributed by atoms with Gasteiger partial charge in [-0.05, 0) is 24.3 Å². The Balaban J connectivity index is 2.84. The van der Waals surface area contributed by atoms with Gasteiger partial charge in [0.05, 0.1) is 4.92 Å². The van der Waals surface area contributed by atoms with Crippen LogP contribution >= 0.6 is 0 Å². The summed E-state index contributed by atoms with van der Waals surface area (Å²) in [5, 5.41) is 22.7. The van der Waals surface area contributed by atoms with E-state index in [2.05, 4.69) is 5.32 Å². The number of nitrogens with one attached hydrogen (secondary N) is 1. The molecule has 0 fully saturated rings. The lowest BCUT2D eigenvalue weighted by atomic mass is 9.89. The molecule has 21 heavy (non-hydrogen) atoms. The molecule has 1 aromatic rings. The Labute approximate surface area is 124 Å². The molecule has 0 aliphatic carbocycles. The zero-order valence-corrected chi connectivity index (χ0v) is 12.7. The van der Waals surface area contributed by atoms with E-state index in [0.717, 1.165) is 0 Å². The number of amides is 1. The van der Waals surface area contributed by atoms with E-state index >= 15 is 0 Å². The first kappa shape index (κ1) is 17.1. The second kappa shape index (κ2) is 7.17. The van der Waals surface area contributed by atoms with Gasteiger partial charge in [-0.2, -0.15) is 0 Å². The summed E-state index contributed by atoms with van der Waals surface area (Å²) >= 11 is 0. The van der Waals surface area contributed by atoms with E-state index in [-0.39, 0.29) is 29.2 Å². The average Bonchev–Trinajstić information content (AvgIpc) is 2.44. The summed E-state index contributed by atoms with van der Waals surface area (Å²) in [6, 6.07) is 4.53. The summed E-state index contributed by atoms with van der Waals surface area (Å²) in [6.07, 6.45) is 1.12. The second-order valence-electron chi connectivity index (χ2n) is 5.77. The molecular weight excluding hydrogens is 272 g/mol. The number of nitrogens with zero attached hydrogens (tertiary/aromatic N) is 1. The van der Waals surface area contributed by atoms with Gasteiger partial charge in [-0.25, -0.2) is 0 Å². The van der Waals surface area contributed by atoms with Crippen molar-refractivity contribution in [1.82, 2.24) is 5.32 Å². The highest BCUT2D eigenvalue weighted by Gasteiger charge is 2.20. The molecular formula is C15H22N2O4. The van der Waals surface area contributed by atoms with Crippen molar-refractivity contribution in [3.63, 3.8) is 0 Å². The standard InChI is InChI=1S/C15H22N2O4/c1-4-11-5-6-12(9-13(11)17(20)21)14(19)16-10-15(2,3)7-8-18/h5-6,9,18H,4,7-8,10H2,1-3H3,(H,16,19). The largest absolute Gasteiger partial charge is 0.396 e. The Kier molecular flexibility index (Phi) is 5.84. The van der Waals surface area contributed by atoms with Gasteiger partial charge >= 0.3 is 0 Å². The lowest BCUT2D eigenvalue weighted by molar-refractivity contribution is -0.385. The van der Waals surface area contributed by atoms with E-state index in [0.29, 0.717) is 24.9 Å². The van der Waals surface area contributed by atoms with Gasteiger partial charge in [-0.15, -0.1) is 0 Å². The number of hydrogen-bond acceptors (Lipinski definition) is 4. The van der Waals surface area contributed by atoms with E-state index in [1.54, 1.807) is 12.1 Å². The summed E-state index contributed by atoms with van der Waals surface area (Å²) < 4.78 is 0. The van der Waals surface area contributed by atoms with Gasteiger partial charge in [0.25, 0.3) is 11.6 Å². The lowest BCUT2D eigenvalue weighted by Crippen LogP contribution is -2.34. The molecule has 0 radical (unpaired) electrons. The van der Waals surface area contributed by atoms with Crippen LogP contribution in [0.25, 0.3) is 0 Å². The van der Waals surface area contributed by atoms with Gasteiger partial charge in [0, 0.05) is 30.3 Å². The minimum atomic E-state index is -0.467. The van der Waals surface area contributed by atoms with Crippen LogP contribution in [0.3, 0.4) is 0 Å². The van der Waals surface area contributed by atoms with Crippen molar-refractivity contribution in [2.24, 2.45) is 5.41 Å². The van der Waals surface area contributed by atoms with Crippen LogP contribution in [0.15, 0.2) is 18.2 Å². The van der Waals surface area contributed by atoms with Crippen LogP contribution in [0, 0.1) is 15.5 Å². The molecule has 1 aromatic carbocycles. The summed E-state index contributed by atoms with van der Waals surface area (Å²) in [4.78, 5) is 22.6. The maximum atomic E-state index is 12.1. The Morgan fingerprint density at radius 3 is 2.62 bits per heavy atom. The number of carbonyl (C=O) groups is 1. The molecule has 0 atom stereocenters. The van der Waals surface area contributed by atoms with Crippen molar-refractivity contribution in [2.45, 2.75) is 33.6 Å². The second-order valence-corrected chi connectivity index (χ2v) is 5.77. The molecule has 0 saturated carbocycles. The van der Waals surface area contributed by atoms with Crippen LogP contribution in [0.5, 0.6) is 0 Å². The molecule has 0 bridgehead atoms. The zero-order valence-electron chi connectivity index (χ0n) is 12.7. The highest BCUT2D eigenvalue weighted by Crippen LogP contribution is 2.22. The van der Waals surface area contributed by atoms with E-state index in [4.69, 9.17) is 5.11 Å². The van der Waals surface area contributed by atoms with Gasteiger partial charge in [0.1, 0.15) is 0 Å². The monoisotopic (exact) mass is 294 g/mol. The summed E-state index contributed by atoms with van der Waals surface area (Å²) in [6.45, 7) is 6.16. The van der Waals surface area contributed by atoms with Crippen LogP contribution in [-0.4, -0.2) is 29.1 Å². The number of nitro groups is 1. The van der Waals surface area contributed by atoms with E-state index in [1.165, 1.54) is 6.07 Å². The van der Waals surface area contributed by atoms with Crippen molar-refractivity contribution in [2.75, 3.05) is 13.2 Å². The van der Waals surface area contributed by atoms with Crippen LogP contribution in [0.4, 0.5) is 5.69 Å². The molecule has 0 spiro atoms. The quantitative estimate of drug-likeness (QED) is 0.596. The van der Waals surface area contributed by atoms with Crippen molar-refractivity contribution in [1.29, 1.82) is 0 Å². The third-order valence-corrected chi connectivity index (χ3v) is 3.44. The molecule has 0 unspecified atom stereocenters. The van der Waals surface area contributed by atoms with E-state index in [9.17, 15) is 14.9 Å². The molecule has 2 N–H and O–H groups in total. The Hall–Kier alpha value is -1.95. The number of aliphatic hydroxyl groups excluding tert-OH is 1. The Morgan fingerprint density at radius 1 is 1.43 bits per heavy atom. The third kappa shape index (κ3) is 4.82. The molecule has 116 valence electrons. The van der Waals surface area contributed by atoms with Gasteiger partial charge in [-0.1, -0.05) is 26.8 Å². The number of rotatable bonds is 7. The van der Waals surface area contributed by atoms with Gasteiger partial charge < -0.3 is 10.4 Å². The summed E-state index contributed by atoms with van der Waals surface area (Å²) in [5.41, 5.74) is 0.635. The first-order valence-corrected chi connectivity index (χ1v) is 6.97. The third-order valence-electron chi connectivity index (χ3n) is 3.44. The predicted molar refractivity (Wildman–Crippen MR) is 80.3 cm³/mol. The smallest absolute Gasteiger partial charge is 0.273 e. The van der Waals surface area contributed by atoms with Crippen molar-refractivity contribution < 1.29 is 14.8 Å². The topological polar surface area (TPSA) is 92.5 Å². The highest BCUT2D eigenvalue weighted by molar-refractivity contribution is 5.95. The average molecular weight is 294 g/mol. The first-order valence-electron chi connectivity index (χ1n) is 6.97. The fraction of sp³-hybridized carbons (Fsp3) is 0.533. The molecule has 0 aliphatic heterocycles. The molecule has 0 aromatic heterocycles. The van der Waals surface area contributed by atoms with Crippen LogP contribution in [0.2, 0.25) is 0 Å². The van der Waals surface area contributed by atoms with Crippen LogP contribution < -0.4 is 5.32 Å². The molecule has 6 heteroatoms. The Bertz CT molecular complexity index is 526. The molecule has 0 saturated heterocycles. The van der Waals surface area contributed by atoms with Gasteiger partial charge in [0.2, 0.25) is 0 Å². The lowest BCUT2D eigenvalue weighted by Gasteiger charge is -2.23. The van der Waals surface area contributed by atoms with Crippen LogP contribution in [-0.2, 0) is 6.42 Å². The molecule has 1 amide bonds. The summed E-state index contributed by atoms with van der Waals surface area (Å²) in [7, 11) is 0. The van der Waals surface area contributed by atoms with Crippen molar-refractivity contribution >= 4 is 11.6 Å². The fourth-order valence-electron chi connectivity index (χ4n) is 1.99. The minimum Gasteiger partial charge on any atom is -0.396 e. The predicted octanol–water partition coefficient (Wildman–Crippen LogP) is 2.30. The van der Waals surface area contributed by atoms with E-state index < -0.39 is 4.92 Å². The SMILES string of the molecule is CCc1ccc(C(=O)NCC(C)(C)CCO)cc1[N+](=O)[O-]. The molecule has 1 rings (SSSR count). The van der Waals surface area contributed by atoms with Crippen molar-refractivity contribution in [3.05, 3.63) is 39.4 Å². The number of benzene rings is 1. The summed E-state index contributed by atoms with van der Waals surface area (Å²) in [5.74, 6) is -0.341. The van der Waals surface area contributed by atoms with Crippen molar-refractivity contribution in [3.8, 4) is 0 Å². The number of hydrogen-bond donors (Lipinski definition) is 2. The number of carbonyl (C=O) groups excluding carboxylic acids is 1. The maximum Gasteiger partial charge on any atom is 0.273 e. The van der Waals surface area contributed by atoms with Gasteiger partial charge in [-0.3, -0.25) is 14.9 Å². The minimum absolute atomic E-state index is 0.0280. The normalized spacial score (nSPS) is 11.2. The molecule has 0 heterocycles. The molecule has 6 nitrogen and oxygen atoms in total. The number of nitro benzene ring substituents is 1. The first-order chi connectivity index (χ1) is 9.80.